The molecule has 0 spiro atoms. The topological polar surface area (TPSA) is 150 Å². The third-order valence-electron chi connectivity index (χ3n) is 5.83. The van der Waals surface area contributed by atoms with Crippen LogP contribution in [0.2, 0.25) is 0 Å². The molecule has 0 rings (SSSR count). The molecule has 0 aromatic carbocycles. The van der Waals surface area contributed by atoms with Crippen molar-refractivity contribution in [3.05, 3.63) is 0 Å². The van der Waals surface area contributed by atoms with Crippen LogP contribution in [0.3, 0.4) is 0 Å². The number of esters is 1. The Balaban J connectivity index is 3.06. The zero-order valence-corrected chi connectivity index (χ0v) is 29.9. The summed E-state index contributed by atoms with van der Waals surface area (Å²) in [4.78, 5) is 13.0. The second-order valence-electron chi connectivity index (χ2n) is 10.1. The van der Waals surface area contributed by atoms with Gasteiger partial charge in [-0.15, -0.1) is 0 Å². The van der Waals surface area contributed by atoms with E-state index in [1.807, 2.05) is 14.1 Å². The number of nitrogens with zero attached hydrogens (tertiary/aromatic N) is 1. The van der Waals surface area contributed by atoms with E-state index in [1.54, 1.807) is 0 Å². The SMILES string of the molecule is COC(=O)CCOCCOCCOCCOCCOCCOCCOCCOCCOCCOCCOCCOCCOCCN(C)C. The molecule has 0 saturated carbocycles. The van der Waals surface area contributed by atoms with E-state index in [9.17, 15) is 4.79 Å². The summed E-state index contributed by atoms with van der Waals surface area (Å²) < 4.78 is 75.2. The van der Waals surface area contributed by atoms with Crippen LogP contribution < -0.4 is 0 Å². The first kappa shape index (κ1) is 46.9. The number of hydrogen-bond acceptors (Lipinski definition) is 16. The third-order valence-corrected chi connectivity index (χ3v) is 5.83. The minimum atomic E-state index is -0.286. The molecule has 48 heavy (non-hydrogen) atoms. The van der Waals surface area contributed by atoms with Gasteiger partial charge < -0.3 is 71.2 Å². The molecule has 0 unspecified atom stereocenters. The Hall–Kier alpha value is -1.09. The number of rotatable bonds is 42. The van der Waals surface area contributed by atoms with Crippen LogP contribution in [0.25, 0.3) is 0 Å². The van der Waals surface area contributed by atoms with E-state index in [0.29, 0.717) is 172 Å². The maximum atomic E-state index is 10.9. The second kappa shape index (κ2) is 42.1. The van der Waals surface area contributed by atoms with Crippen LogP contribution in [0.4, 0.5) is 0 Å². The first-order chi connectivity index (χ1) is 23.7. The standard InChI is InChI=1S/C32H65NO15/c1-33(2)5-7-37-9-11-39-13-15-41-17-19-43-21-23-45-25-27-47-29-31-48-30-28-46-26-24-44-22-20-42-18-16-40-14-12-38-10-8-36-6-4-32(34)35-3/h4-31H2,1-3H3. The van der Waals surface area contributed by atoms with Crippen molar-refractivity contribution in [2.75, 3.05) is 200 Å². The van der Waals surface area contributed by atoms with Gasteiger partial charge in [-0.3, -0.25) is 4.79 Å². The molecule has 0 fully saturated rings. The van der Waals surface area contributed by atoms with E-state index in [4.69, 9.17) is 61.6 Å². The summed E-state index contributed by atoms with van der Waals surface area (Å²) in [6.07, 6.45) is 0.244. The van der Waals surface area contributed by atoms with Gasteiger partial charge >= 0.3 is 5.97 Å². The highest BCUT2D eigenvalue weighted by molar-refractivity contribution is 5.69. The van der Waals surface area contributed by atoms with Gasteiger partial charge in [0.15, 0.2) is 0 Å². The van der Waals surface area contributed by atoms with Crippen molar-refractivity contribution in [1.29, 1.82) is 0 Å². The summed E-state index contributed by atoms with van der Waals surface area (Å²) in [6.45, 7) is 14.1. The number of likely N-dealkylation sites (N-methyl/N-ethyl adjacent to an activating group) is 1. The summed E-state index contributed by atoms with van der Waals surface area (Å²) in [6, 6.07) is 0. The van der Waals surface area contributed by atoms with Crippen LogP contribution in [0.15, 0.2) is 0 Å². The van der Waals surface area contributed by atoms with E-state index >= 15 is 0 Å². The summed E-state index contributed by atoms with van der Waals surface area (Å²) in [7, 11) is 5.39. The van der Waals surface area contributed by atoms with Gasteiger partial charge in [0, 0.05) is 6.54 Å². The van der Waals surface area contributed by atoms with Gasteiger partial charge in [0.1, 0.15) is 0 Å². The molecular formula is C32H65NO15. The molecular weight excluding hydrogens is 638 g/mol. The minimum Gasteiger partial charge on any atom is -0.469 e. The molecule has 0 aliphatic rings. The second-order valence-corrected chi connectivity index (χ2v) is 10.1. The van der Waals surface area contributed by atoms with E-state index in [1.165, 1.54) is 7.11 Å². The van der Waals surface area contributed by atoms with Crippen LogP contribution >= 0.6 is 0 Å². The molecule has 288 valence electrons. The lowest BCUT2D eigenvalue weighted by molar-refractivity contribution is -0.141. The van der Waals surface area contributed by atoms with Gasteiger partial charge in [0.2, 0.25) is 0 Å². The Kier molecular flexibility index (Phi) is 41.1. The highest BCUT2D eigenvalue weighted by Gasteiger charge is 2.00. The van der Waals surface area contributed by atoms with Crippen molar-refractivity contribution in [2.24, 2.45) is 0 Å². The van der Waals surface area contributed by atoms with Crippen molar-refractivity contribution >= 4 is 5.97 Å². The Morgan fingerprint density at radius 1 is 0.333 bits per heavy atom. The Labute approximate surface area is 288 Å². The summed E-state index contributed by atoms with van der Waals surface area (Å²) >= 11 is 0. The molecule has 0 bridgehead atoms. The number of methoxy groups -OCH3 is 1. The predicted molar refractivity (Wildman–Crippen MR) is 176 cm³/mol. The van der Waals surface area contributed by atoms with Crippen molar-refractivity contribution in [1.82, 2.24) is 4.90 Å². The molecule has 0 amide bonds. The molecule has 0 atom stereocenters. The molecule has 16 heteroatoms. The lowest BCUT2D eigenvalue weighted by Crippen LogP contribution is -2.19. The average molecular weight is 704 g/mol. The smallest absolute Gasteiger partial charge is 0.307 e. The summed E-state index contributed by atoms with van der Waals surface area (Å²) in [5, 5.41) is 0. The quantitative estimate of drug-likeness (QED) is 0.0634. The van der Waals surface area contributed by atoms with Crippen molar-refractivity contribution in [3.8, 4) is 0 Å². The lowest BCUT2D eigenvalue weighted by atomic mass is 10.5. The Morgan fingerprint density at radius 3 is 0.708 bits per heavy atom. The molecule has 0 heterocycles. The maximum absolute atomic E-state index is 10.9. The highest BCUT2D eigenvalue weighted by atomic mass is 16.6. The predicted octanol–water partition coefficient (Wildman–Crippen LogP) is 0.327. The zero-order valence-electron chi connectivity index (χ0n) is 29.9. The van der Waals surface area contributed by atoms with Gasteiger partial charge in [-0.1, -0.05) is 0 Å². The third kappa shape index (κ3) is 42.9. The van der Waals surface area contributed by atoms with Crippen molar-refractivity contribution in [3.63, 3.8) is 0 Å². The van der Waals surface area contributed by atoms with Gasteiger partial charge in [-0.05, 0) is 14.1 Å². The number of hydrogen-bond donors (Lipinski definition) is 0. The van der Waals surface area contributed by atoms with Gasteiger partial charge in [-0.25, -0.2) is 0 Å². The number of ether oxygens (including phenoxy) is 14. The van der Waals surface area contributed by atoms with Crippen LogP contribution in [0.5, 0.6) is 0 Å². The normalized spacial score (nSPS) is 11.6. The molecule has 0 aromatic heterocycles. The molecule has 0 N–H and O–H groups in total. The minimum absolute atomic E-state index is 0.244. The summed E-state index contributed by atoms with van der Waals surface area (Å²) in [5.41, 5.74) is 0. The van der Waals surface area contributed by atoms with Gasteiger partial charge in [0.05, 0.1) is 185 Å². The number of carbonyl (C=O) groups is 1. The van der Waals surface area contributed by atoms with E-state index in [-0.39, 0.29) is 12.4 Å². The van der Waals surface area contributed by atoms with E-state index < -0.39 is 0 Å². The van der Waals surface area contributed by atoms with Crippen LogP contribution in [-0.4, -0.2) is 210 Å². The van der Waals surface area contributed by atoms with Crippen molar-refractivity contribution < 1.29 is 71.1 Å². The fourth-order valence-electron chi connectivity index (χ4n) is 3.25. The number of carbonyl (C=O) groups excluding carboxylic acids is 1. The largest absolute Gasteiger partial charge is 0.469 e. The molecule has 0 saturated heterocycles. The molecule has 0 aliphatic carbocycles. The fourth-order valence-corrected chi connectivity index (χ4v) is 3.25. The average Bonchev–Trinajstić information content (AvgIpc) is 3.08. The Bertz CT molecular complexity index is 622. The van der Waals surface area contributed by atoms with Crippen LogP contribution in [0, 0.1) is 0 Å². The Morgan fingerprint density at radius 2 is 0.521 bits per heavy atom. The van der Waals surface area contributed by atoms with Crippen LogP contribution in [-0.2, 0) is 71.1 Å². The fraction of sp³-hybridized carbons (Fsp3) is 0.969. The monoisotopic (exact) mass is 703 g/mol. The highest BCUT2D eigenvalue weighted by Crippen LogP contribution is 1.89. The van der Waals surface area contributed by atoms with Crippen LogP contribution in [0.1, 0.15) is 6.42 Å². The van der Waals surface area contributed by atoms with Gasteiger partial charge in [-0.2, -0.15) is 0 Å². The van der Waals surface area contributed by atoms with E-state index in [2.05, 4.69) is 9.64 Å². The molecule has 0 aliphatic heterocycles. The summed E-state index contributed by atoms with van der Waals surface area (Å²) in [5.74, 6) is -0.286. The molecule has 0 aromatic rings. The first-order valence-electron chi connectivity index (χ1n) is 16.9. The van der Waals surface area contributed by atoms with E-state index in [0.717, 1.165) is 6.54 Å². The maximum Gasteiger partial charge on any atom is 0.307 e. The lowest BCUT2D eigenvalue weighted by Gasteiger charge is -2.10. The van der Waals surface area contributed by atoms with Gasteiger partial charge in [0.25, 0.3) is 0 Å². The molecule has 16 nitrogen and oxygen atoms in total. The first-order valence-corrected chi connectivity index (χ1v) is 16.9. The molecule has 0 radical (unpaired) electrons. The van der Waals surface area contributed by atoms with Crippen molar-refractivity contribution in [2.45, 2.75) is 6.42 Å². The zero-order chi connectivity index (χ0) is 34.9.